The molecule has 0 aromatic carbocycles. The molecule has 0 saturated heterocycles. The Balaban J connectivity index is 4.40. The van der Waals surface area contributed by atoms with Crippen LogP contribution in [0.25, 0.3) is 0 Å². The molecule has 0 aliphatic carbocycles. The van der Waals surface area contributed by atoms with Crippen molar-refractivity contribution in [3.05, 3.63) is 24.3 Å². The van der Waals surface area contributed by atoms with Crippen LogP contribution < -0.4 is 0 Å². The normalized spacial score (nSPS) is 14.6. The summed E-state index contributed by atoms with van der Waals surface area (Å²) in [5.74, 6) is -0.732. The van der Waals surface area contributed by atoms with E-state index in [4.69, 9.17) is 4.74 Å². The minimum atomic E-state index is -0.660. The van der Waals surface area contributed by atoms with Gasteiger partial charge in [-0.25, -0.2) is 0 Å². The van der Waals surface area contributed by atoms with Crippen LogP contribution in [-0.2, 0) is 14.3 Å². The van der Waals surface area contributed by atoms with Crippen LogP contribution in [0.5, 0.6) is 0 Å². The van der Waals surface area contributed by atoms with Gasteiger partial charge in [0.05, 0.1) is 6.61 Å². The van der Waals surface area contributed by atoms with Crippen molar-refractivity contribution in [2.75, 3.05) is 6.61 Å². The molecule has 3 heteroatoms. The van der Waals surface area contributed by atoms with Gasteiger partial charge in [0, 0.05) is 0 Å². The molecule has 19 heavy (non-hydrogen) atoms. The van der Waals surface area contributed by atoms with Gasteiger partial charge in [-0.3, -0.25) is 9.59 Å². The molecular weight excluding hydrogens is 240 g/mol. The lowest BCUT2D eigenvalue weighted by Gasteiger charge is -2.11. The Hall–Kier alpha value is -1.38. The van der Waals surface area contributed by atoms with Crippen molar-refractivity contribution in [1.82, 2.24) is 0 Å². The number of hydrogen-bond acceptors (Lipinski definition) is 3. The van der Waals surface area contributed by atoms with Crippen LogP contribution in [0.3, 0.4) is 0 Å². The molecular formula is C16H26O3. The number of esters is 1. The molecule has 0 aromatic rings. The maximum atomic E-state index is 11.6. The summed E-state index contributed by atoms with van der Waals surface area (Å²) < 4.78 is 4.91. The first-order valence-corrected chi connectivity index (χ1v) is 6.87. The van der Waals surface area contributed by atoms with Gasteiger partial charge in [0.1, 0.15) is 11.7 Å². The minimum Gasteiger partial charge on any atom is -0.465 e. The van der Waals surface area contributed by atoms with E-state index < -0.39 is 11.9 Å². The third-order valence-electron chi connectivity index (χ3n) is 3.16. The van der Waals surface area contributed by atoms with Crippen molar-refractivity contribution < 1.29 is 14.3 Å². The fourth-order valence-electron chi connectivity index (χ4n) is 1.67. The quantitative estimate of drug-likeness (QED) is 0.363. The van der Waals surface area contributed by atoms with Crippen molar-refractivity contribution >= 4 is 11.8 Å². The molecule has 0 fully saturated rings. The lowest BCUT2D eigenvalue weighted by atomic mass is 9.97. The lowest BCUT2D eigenvalue weighted by molar-refractivity contribution is -0.150. The van der Waals surface area contributed by atoms with Crippen molar-refractivity contribution in [2.45, 2.75) is 47.0 Å². The largest absolute Gasteiger partial charge is 0.465 e. The molecule has 0 rings (SSSR count). The van der Waals surface area contributed by atoms with Crippen LogP contribution in [0, 0.1) is 11.8 Å². The van der Waals surface area contributed by atoms with Gasteiger partial charge < -0.3 is 4.74 Å². The molecule has 108 valence electrons. The number of ether oxygens (including phenoxy) is 1. The molecule has 0 saturated carbocycles. The lowest BCUT2D eigenvalue weighted by Crippen LogP contribution is -2.23. The fourth-order valence-corrected chi connectivity index (χ4v) is 1.67. The first-order chi connectivity index (χ1) is 8.92. The van der Waals surface area contributed by atoms with Gasteiger partial charge in [0.2, 0.25) is 0 Å². The van der Waals surface area contributed by atoms with Crippen molar-refractivity contribution in [3.63, 3.8) is 0 Å². The predicted molar refractivity (Wildman–Crippen MR) is 77.8 cm³/mol. The highest BCUT2D eigenvalue weighted by Crippen LogP contribution is 2.16. The highest BCUT2D eigenvalue weighted by atomic mass is 16.5. The predicted octanol–water partition coefficient (Wildman–Crippen LogP) is 3.69. The van der Waals surface area contributed by atoms with Crippen LogP contribution in [0.15, 0.2) is 24.3 Å². The van der Waals surface area contributed by atoms with Gasteiger partial charge in [-0.1, -0.05) is 24.6 Å². The molecule has 2 atom stereocenters. The molecule has 0 spiro atoms. The van der Waals surface area contributed by atoms with Gasteiger partial charge in [0.25, 0.3) is 0 Å². The SMILES string of the molecule is C=CC(C)CC/C(C)=C/CC(C(C)=O)C(=O)OCC. The van der Waals surface area contributed by atoms with E-state index in [1.54, 1.807) is 6.92 Å². The number of rotatable bonds is 9. The third kappa shape index (κ3) is 7.60. The fraction of sp³-hybridized carbons (Fsp3) is 0.625. The Bertz CT molecular complexity index is 342. The van der Waals surface area contributed by atoms with E-state index in [0.29, 0.717) is 18.9 Å². The van der Waals surface area contributed by atoms with Gasteiger partial charge in [-0.2, -0.15) is 0 Å². The molecule has 0 amide bonds. The van der Waals surface area contributed by atoms with E-state index in [1.807, 2.05) is 19.1 Å². The van der Waals surface area contributed by atoms with Crippen molar-refractivity contribution in [2.24, 2.45) is 11.8 Å². The van der Waals surface area contributed by atoms with Crippen LogP contribution in [0.1, 0.15) is 47.0 Å². The first-order valence-electron chi connectivity index (χ1n) is 6.87. The summed E-state index contributed by atoms with van der Waals surface area (Å²) in [6.07, 6.45) is 6.34. The van der Waals surface area contributed by atoms with E-state index in [0.717, 1.165) is 12.8 Å². The number of hydrogen-bond donors (Lipinski definition) is 0. The number of Topliss-reactive ketones (excluding diaryl/α,β-unsaturated/α-hetero) is 1. The summed E-state index contributed by atoms with van der Waals surface area (Å²) in [5, 5.41) is 0. The zero-order valence-corrected chi connectivity index (χ0v) is 12.6. The Morgan fingerprint density at radius 3 is 2.42 bits per heavy atom. The Morgan fingerprint density at radius 1 is 1.32 bits per heavy atom. The summed E-state index contributed by atoms with van der Waals surface area (Å²) >= 11 is 0. The van der Waals surface area contributed by atoms with E-state index in [-0.39, 0.29) is 5.78 Å². The van der Waals surface area contributed by atoms with E-state index in [2.05, 4.69) is 13.5 Å². The number of carbonyl (C=O) groups is 2. The summed E-state index contributed by atoms with van der Waals surface area (Å²) in [4.78, 5) is 23.1. The number of carbonyl (C=O) groups excluding carboxylic acids is 2. The molecule has 0 N–H and O–H groups in total. The molecule has 0 bridgehead atoms. The smallest absolute Gasteiger partial charge is 0.316 e. The Labute approximate surface area is 116 Å². The van der Waals surface area contributed by atoms with Crippen LogP contribution in [-0.4, -0.2) is 18.4 Å². The molecule has 3 nitrogen and oxygen atoms in total. The molecule has 0 aromatic heterocycles. The minimum absolute atomic E-state index is 0.137. The Kier molecular flexibility index (Phi) is 8.84. The zero-order valence-electron chi connectivity index (χ0n) is 12.6. The average Bonchev–Trinajstić information content (AvgIpc) is 2.35. The second-order valence-corrected chi connectivity index (χ2v) is 4.95. The van der Waals surface area contributed by atoms with Crippen LogP contribution >= 0.6 is 0 Å². The van der Waals surface area contributed by atoms with Gasteiger partial charge in [0.15, 0.2) is 0 Å². The highest BCUT2D eigenvalue weighted by Gasteiger charge is 2.23. The highest BCUT2D eigenvalue weighted by molar-refractivity contribution is 5.97. The summed E-state index contributed by atoms with van der Waals surface area (Å²) in [5.41, 5.74) is 1.20. The number of ketones is 1. The second-order valence-electron chi connectivity index (χ2n) is 4.95. The zero-order chi connectivity index (χ0) is 14.8. The molecule has 2 unspecified atom stereocenters. The summed E-state index contributed by atoms with van der Waals surface area (Å²) in [6, 6.07) is 0. The van der Waals surface area contributed by atoms with Gasteiger partial charge in [-0.15, -0.1) is 6.58 Å². The summed E-state index contributed by atoms with van der Waals surface area (Å²) in [6.45, 7) is 11.4. The van der Waals surface area contributed by atoms with Gasteiger partial charge >= 0.3 is 5.97 Å². The van der Waals surface area contributed by atoms with Gasteiger partial charge in [-0.05, 0) is 46.0 Å². The van der Waals surface area contributed by atoms with Crippen molar-refractivity contribution in [3.8, 4) is 0 Å². The van der Waals surface area contributed by atoms with Crippen LogP contribution in [0.4, 0.5) is 0 Å². The van der Waals surface area contributed by atoms with E-state index in [1.165, 1.54) is 12.5 Å². The monoisotopic (exact) mass is 266 g/mol. The maximum absolute atomic E-state index is 11.6. The standard InChI is InChI=1S/C16H26O3/c1-6-12(3)8-9-13(4)10-11-15(14(5)17)16(18)19-7-2/h6,10,12,15H,1,7-9,11H2,2-5H3/b13-10+. The van der Waals surface area contributed by atoms with Crippen molar-refractivity contribution in [1.29, 1.82) is 0 Å². The van der Waals surface area contributed by atoms with Crippen LogP contribution in [0.2, 0.25) is 0 Å². The number of allylic oxidation sites excluding steroid dienone is 3. The van der Waals surface area contributed by atoms with E-state index in [9.17, 15) is 9.59 Å². The summed E-state index contributed by atoms with van der Waals surface area (Å²) in [7, 11) is 0. The average molecular weight is 266 g/mol. The third-order valence-corrected chi connectivity index (χ3v) is 3.16. The molecule has 0 aliphatic heterocycles. The molecule has 0 heterocycles. The molecule has 0 radical (unpaired) electrons. The molecule has 0 aliphatic rings. The maximum Gasteiger partial charge on any atom is 0.316 e. The first kappa shape index (κ1) is 17.6. The second kappa shape index (κ2) is 9.54. The Morgan fingerprint density at radius 2 is 1.95 bits per heavy atom. The van der Waals surface area contributed by atoms with E-state index >= 15 is 0 Å². The topological polar surface area (TPSA) is 43.4 Å².